The third-order valence-electron chi connectivity index (χ3n) is 2.03. The third-order valence-corrected chi connectivity index (χ3v) is 2.03. The van der Waals surface area contributed by atoms with Crippen LogP contribution in [0.1, 0.15) is 20.8 Å². The van der Waals surface area contributed by atoms with Gasteiger partial charge in [-0.05, 0) is 24.5 Å². The molecule has 0 saturated heterocycles. The zero-order valence-corrected chi connectivity index (χ0v) is 7.55. The summed E-state index contributed by atoms with van der Waals surface area (Å²) in [7, 11) is 0. The van der Waals surface area contributed by atoms with Crippen molar-refractivity contribution in [1.29, 1.82) is 0 Å². The number of hydrogen-bond donors (Lipinski definition) is 0. The van der Waals surface area contributed by atoms with E-state index in [1.807, 2.05) is 13.8 Å². The normalized spacial score (nSPS) is 18.0. The van der Waals surface area contributed by atoms with Crippen molar-refractivity contribution in [3.63, 3.8) is 0 Å². The summed E-state index contributed by atoms with van der Waals surface area (Å²) in [5.74, 6) is -0.462. The SMILES string of the molecule is CC1=C(C(C)C)C=CC(=O)C1=O. The van der Waals surface area contributed by atoms with E-state index in [4.69, 9.17) is 0 Å². The molecule has 2 nitrogen and oxygen atoms in total. The summed E-state index contributed by atoms with van der Waals surface area (Å²) in [4.78, 5) is 22.1. The Kier molecular flexibility index (Phi) is 2.27. The molecule has 1 rings (SSSR count). The first-order valence-corrected chi connectivity index (χ1v) is 4.01. The standard InChI is InChI=1S/C10H12O2/c1-6(2)8-4-5-9(11)10(12)7(8)3/h4-6H,1-3H3. The lowest BCUT2D eigenvalue weighted by atomic mass is 9.90. The quantitative estimate of drug-likeness (QED) is 0.436. The Morgan fingerprint density at radius 1 is 1.17 bits per heavy atom. The monoisotopic (exact) mass is 164 g/mol. The van der Waals surface area contributed by atoms with Crippen LogP contribution >= 0.6 is 0 Å². The van der Waals surface area contributed by atoms with Crippen LogP contribution in [0.3, 0.4) is 0 Å². The minimum atomic E-state index is -0.406. The highest BCUT2D eigenvalue weighted by atomic mass is 16.2. The number of hydrogen-bond acceptors (Lipinski definition) is 2. The Balaban J connectivity index is 3.10. The van der Waals surface area contributed by atoms with E-state index in [0.29, 0.717) is 11.5 Å². The molecule has 0 aromatic rings. The van der Waals surface area contributed by atoms with Crippen LogP contribution in [0.2, 0.25) is 0 Å². The smallest absolute Gasteiger partial charge is 0.228 e. The van der Waals surface area contributed by atoms with E-state index in [1.165, 1.54) is 6.08 Å². The van der Waals surface area contributed by atoms with Gasteiger partial charge in [-0.25, -0.2) is 0 Å². The molecule has 0 radical (unpaired) electrons. The first-order chi connectivity index (χ1) is 5.54. The number of carbonyl (C=O) groups is 2. The van der Waals surface area contributed by atoms with Crippen LogP contribution in [-0.2, 0) is 9.59 Å². The summed E-state index contributed by atoms with van der Waals surface area (Å²) in [5.41, 5.74) is 1.57. The van der Waals surface area contributed by atoms with E-state index in [1.54, 1.807) is 13.0 Å². The molecular formula is C10H12O2. The number of Topliss-reactive ketones (excluding diaryl/α,β-unsaturated/α-hetero) is 1. The molecule has 0 bridgehead atoms. The van der Waals surface area contributed by atoms with Gasteiger partial charge in [-0.2, -0.15) is 0 Å². The first-order valence-electron chi connectivity index (χ1n) is 4.01. The molecule has 0 aliphatic heterocycles. The molecule has 0 saturated carbocycles. The minimum absolute atomic E-state index is 0.304. The molecule has 0 aromatic carbocycles. The van der Waals surface area contributed by atoms with E-state index in [0.717, 1.165) is 5.57 Å². The zero-order valence-electron chi connectivity index (χ0n) is 7.55. The number of allylic oxidation sites excluding steroid dienone is 4. The molecule has 2 heteroatoms. The van der Waals surface area contributed by atoms with Gasteiger partial charge in [0.05, 0.1) is 0 Å². The Morgan fingerprint density at radius 3 is 2.25 bits per heavy atom. The zero-order chi connectivity index (χ0) is 9.30. The summed E-state index contributed by atoms with van der Waals surface area (Å²) in [5, 5.41) is 0. The highest BCUT2D eigenvalue weighted by Gasteiger charge is 2.20. The number of ketones is 2. The van der Waals surface area contributed by atoms with Gasteiger partial charge in [0.1, 0.15) is 0 Å². The van der Waals surface area contributed by atoms with Gasteiger partial charge in [-0.1, -0.05) is 19.9 Å². The van der Waals surface area contributed by atoms with Crippen molar-refractivity contribution in [3.8, 4) is 0 Å². The molecule has 0 N–H and O–H groups in total. The van der Waals surface area contributed by atoms with Crippen molar-refractivity contribution in [2.75, 3.05) is 0 Å². The van der Waals surface area contributed by atoms with Gasteiger partial charge in [0.15, 0.2) is 0 Å². The molecular weight excluding hydrogens is 152 g/mol. The summed E-state index contributed by atoms with van der Waals surface area (Å²) >= 11 is 0. The average molecular weight is 164 g/mol. The first kappa shape index (κ1) is 8.91. The van der Waals surface area contributed by atoms with Crippen molar-refractivity contribution < 1.29 is 9.59 Å². The van der Waals surface area contributed by atoms with Crippen LogP contribution in [-0.4, -0.2) is 11.6 Å². The second-order valence-corrected chi connectivity index (χ2v) is 3.26. The van der Waals surface area contributed by atoms with E-state index < -0.39 is 5.78 Å². The largest absolute Gasteiger partial charge is 0.286 e. The molecule has 1 aliphatic carbocycles. The lowest BCUT2D eigenvalue weighted by Crippen LogP contribution is -2.18. The molecule has 0 aromatic heterocycles. The van der Waals surface area contributed by atoms with Gasteiger partial charge in [0.25, 0.3) is 0 Å². The molecule has 0 spiro atoms. The third kappa shape index (κ3) is 1.37. The van der Waals surface area contributed by atoms with Crippen LogP contribution in [0.4, 0.5) is 0 Å². The van der Waals surface area contributed by atoms with E-state index in [-0.39, 0.29) is 5.78 Å². The predicted octanol–water partition coefficient (Wildman–Crippen LogP) is 1.67. The van der Waals surface area contributed by atoms with Gasteiger partial charge in [-0.3, -0.25) is 9.59 Å². The van der Waals surface area contributed by atoms with Crippen LogP contribution < -0.4 is 0 Å². The molecule has 0 amide bonds. The van der Waals surface area contributed by atoms with Gasteiger partial charge < -0.3 is 0 Å². The Morgan fingerprint density at radius 2 is 1.75 bits per heavy atom. The summed E-state index contributed by atoms with van der Waals surface area (Å²) in [6.45, 7) is 5.72. The second-order valence-electron chi connectivity index (χ2n) is 3.26. The van der Waals surface area contributed by atoms with E-state index >= 15 is 0 Å². The Hall–Kier alpha value is -1.18. The van der Waals surface area contributed by atoms with Gasteiger partial charge in [0, 0.05) is 5.57 Å². The van der Waals surface area contributed by atoms with Crippen LogP contribution in [0, 0.1) is 5.92 Å². The average Bonchev–Trinajstić information content (AvgIpc) is 2.00. The molecule has 12 heavy (non-hydrogen) atoms. The number of carbonyl (C=O) groups excluding carboxylic acids is 2. The van der Waals surface area contributed by atoms with Gasteiger partial charge in [-0.15, -0.1) is 0 Å². The summed E-state index contributed by atoms with van der Waals surface area (Å²) in [6.07, 6.45) is 3.09. The maximum Gasteiger partial charge on any atom is 0.228 e. The van der Waals surface area contributed by atoms with Crippen LogP contribution in [0.25, 0.3) is 0 Å². The fourth-order valence-electron chi connectivity index (χ4n) is 1.31. The Labute approximate surface area is 72.0 Å². The van der Waals surface area contributed by atoms with Gasteiger partial charge >= 0.3 is 0 Å². The molecule has 0 fully saturated rings. The summed E-state index contributed by atoms with van der Waals surface area (Å²) < 4.78 is 0. The fourth-order valence-corrected chi connectivity index (χ4v) is 1.31. The van der Waals surface area contributed by atoms with Crippen molar-refractivity contribution in [1.82, 2.24) is 0 Å². The second kappa shape index (κ2) is 3.05. The van der Waals surface area contributed by atoms with E-state index in [9.17, 15) is 9.59 Å². The van der Waals surface area contributed by atoms with Gasteiger partial charge in [0.2, 0.25) is 11.6 Å². The molecule has 0 unspecified atom stereocenters. The van der Waals surface area contributed by atoms with Crippen LogP contribution in [0.15, 0.2) is 23.3 Å². The molecule has 64 valence electrons. The highest BCUT2D eigenvalue weighted by molar-refractivity contribution is 6.48. The topological polar surface area (TPSA) is 34.1 Å². The fraction of sp³-hybridized carbons (Fsp3) is 0.400. The lowest BCUT2D eigenvalue weighted by Gasteiger charge is -2.13. The molecule has 0 atom stereocenters. The van der Waals surface area contributed by atoms with Crippen molar-refractivity contribution >= 4 is 11.6 Å². The van der Waals surface area contributed by atoms with Crippen LogP contribution in [0.5, 0.6) is 0 Å². The van der Waals surface area contributed by atoms with Crippen molar-refractivity contribution in [2.24, 2.45) is 5.92 Å². The van der Waals surface area contributed by atoms with Crippen molar-refractivity contribution in [2.45, 2.75) is 20.8 Å². The predicted molar refractivity (Wildman–Crippen MR) is 46.7 cm³/mol. The molecule has 0 heterocycles. The highest BCUT2D eigenvalue weighted by Crippen LogP contribution is 2.20. The number of rotatable bonds is 1. The maximum absolute atomic E-state index is 11.2. The minimum Gasteiger partial charge on any atom is -0.286 e. The summed E-state index contributed by atoms with van der Waals surface area (Å²) in [6, 6.07) is 0. The van der Waals surface area contributed by atoms with E-state index in [2.05, 4.69) is 0 Å². The Bertz CT molecular complexity index is 293. The maximum atomic E-state index is 11.2. The van der Waals surface area contributed by atoms with Crippen molar-refractivity contribution in [3.05, 3.63) is 23.3 Å². The molecule has 1 aliphatic rings. The lowest BCUT2D eigenvalue weighted by molar-refractivity contribution is -0.131.